The third-order valence-corrected chi connectivity index (χ3v) is 2.28. The van der Waals surface area contributed by atoms with E-state index in [0.717, 1.165) is 0 Å². The SMILES string of the molecule is O=C1CCOCC1CCCC(F)(F)F. The van der Waals surface area contributed by atoms with E-state index in [4.69, 9.17) is 4.74 Å². The van der Waals surface area contributed by atoms with Crippen LogP contribution in [-0.4, -0.2) is 25.2 Å². The lowest BCUT2D eigenvalue weighted by molar-refractivity contribution is -0.140. The van der Waals surface area contributed by atoms with Gasteiger partial charge >= 0.3 is 6.18 Å². The average Bonchev–Trinajstić information content (AvgIpc) is 2.06. The van der Waals surface area contributed by atoms with Gasteiger partial charge in [-0.15, -0.1) is 0 Å². The number of rotatable bonds is 3. The standard InChI is InChI=1S/C9H13F3O2/c10-9(11,12)4-1-2-7-6-14-5-3-8(7)13/h7H,1-6H2. The summed E-state index contributed by atoms with van der Waals surface area (Å²) in [5.74, 6) is -0.274. The van der Waals surface area contributed by atoms with Crippen molar-refractivity contribution in [2.75, 3.05) is 13.2 Å². The van der Waals surface area contributed by atoms with E-state index in [0.29, 0.717) is 19.4 Å². The summed E-state index contributed by atoms with van der Waals surface area (Å²) in [6, 6.07) is 0. The molecule has 0 radical (unpaired) electrons. The Morgan fingerprint density at radius 3 is 2.71 bits per heavy atom. The van der Waals surface area contributed by atoms with Crippen LogP contribution in [0.2, 0.25) is 0 Å². The van der Waals surface area contributed by atoms with Crippen LogP contribution in [0.25, 0.3) is 0 Å². The molecule has 0 bridgehead atoms. The Balaban J connectivity index is 2.20. The van der Waals surface area contributed by atoms with E-state index >= 15 is 0 Å². The lowest BCUT2D eigenvalue weighted by atomic mass is 9.95. The van der Waals surface area contributed by atoms with Crippen molar-refractivity contribution in [1.82, 2.24) is 0 Å². The molecule has 0 spiro atoms. The molecule has 0 saturated carbocycles. The van der Waals surface area contributed by atoms with Crippen LogP contribution in [0.1, 0.15) is 25.7 Å². The maximum absolute atomic E-state index is 11.8. The van der Waals surface area contributed by atoms with Gasteiger partial charge in [-0.05, 0) is 12.8 Å². The number of halogens is 3. The second kappa shape index (κ2) is 4.77. The summed E-state index contributed by atoms with van der Waals surface area (Å²) in [6.45, 7) is 0.700. The van der Waals surface area contributed by atoms with Gasteiger partial charge in [0.15, 0.2) is 0 Å². The van der Waals surface area contributed by atoms with Crippen LogP contribution >= 0.6 is 0 Å². The van der Waals surface area contributed by atoms with Crippen molar-refractivity contribution in [1.29, 1.82) is 0 Å². The summed E-state index contributed by atoms with van der Waals surface area (Å²) in [4.78, 5) is 11.2. The Labute approximate surface area is 80.4 Å². The Morgan fingerprint density at radius 2 is 2.14 bits per heavy atom. The molecule has 2 nitrogen and oxygen atoms in total. The third kappa shape index (κ3) is 4.09. The Bertz CT molecular complexity index is 201. The largest absolute Gasteiger partial charge is 0.389 e. The highest BCUT2D eigenvalue weighted by molar-refractivity contribution is 5.81. The second-order valence-electron chi connectivity index (χ2n) is 3.50. The van der Waals surface area contributed by atoms with Gasteiger partial charge in [0.05, 0.1) is 13.2 Å². The fourth-order valence-corrected chi connectivity index (χ4v) is 1.49. The highest BCUT2D eigenvalue weighted by Gasteiger charge is 2.28. The van der Waals surface area contributed by atoms with Gasteiger partial charge in [-0.3, -0.25) is 4.79 Å². The van der Waals surface area contributed by atoms with Gasteiger partial charge in [-0.25, -0.2) is 0 Å². The number of hydrogen-bond acceptors (Lipinski definition) is 2. The first-order valence-electron chi connectivity index (χ1n) is 4.66. The summed E-state index contributed by atoms with van der Waals surface area (Å²) in [5, 5.41) is 0. The number of carbonyl (C=O) groups is 1. The summed E-state index contributed by atoms with van der Waals surface area (Å²) >= 11 is 0. The van der Waals surface area contributed by atoms with Crippen LogP contribution in [0.5, 0.6) is 0 Å². The number of hydrogen-bond donors (Lipinski definition) is 0. The topological polar surface area (TPSA) is 26.3 Å². The minimum Gasteiger partial charge on any atom is -0.380 e. The maximum Gasteiger partial charge on any atom is 0.389 e. The predicted octanol–water partition coefficient (Wildman–Crippen LogP) is 2.32. The summed E-state index contributed by atoms with van der Waals surface area (Å²) in [5.41, 5.74) is 0. The van der Waals surface area contributed by atoms with Gasteiger partial charge in [-0.2, -0.15) is 13.2 Å². The van der Waals surface area contributed by atoms with Crippen molar-refractivity contribution >= 4 is 5.78 Å². The van der Waals surface area contributed by atoms with Crippen molar-refractivity contribution in [3.05, 3.63) is 0 Å². The molecule has 1 fully saturated rings. The lowest BCUT2D eigenvalue weighted by Crippen LogP contribution is -2.27. The smallest absolute Gasteiger partial charge is 0.380 e. The van der Waals surface area contributed by atoms with Gasteiger partial charge in [0.1, 0.15) is 5.78 Å². The van der Waals surface area contributed by atoms with Gasteiger partial charge < -0.3 is 4.74 Å². The number of ether oxygens (including phenoxy) is 1. The molecule has 0 aliphatic carbocycles. The van der Waals surface area contributed by atoms with Crippen LogP contribution in [0.15, 0.2) is 0 Å². The van der Waals surface area contributed by atoms with Crippen LogP contribution in [0, 0.1) is 5.92 Å². The van der Waals surface area contributed by atoms with Crippen LogP contribution in [0.4, 0.5) is 13.2 Å². The Hall–Kier alpha value is -0.580. The van der Waals surface area contributed by atoms with Crippen molar-refractivity contribution in [3.8, 4) is 0 Å². The molecule has 1 rings (SSSR count). The maximum atomic E-state index is 11.8. The van der Waals surface area contributed by atoms with Gasteiger partial charge in [-0.1, -0.05) is 0 Å². The zero-order valence-electron chi connectivity index (χ0n) is 7.77. The first kappa shape index (κ1) is 11.5. The minimum atomic E-state index is -4.11. The molecule has 1 aliphatic heterocycles. The van der Waals surface area contributed by atoms with E-state index in [1.54, 1.807) is 0 Å². The Morgan fingerprint density at radius 1 is 1.43 bits per heavy atom. The molecule has 5 heteroatoms. The molecule has 1 atom stereocenters. The second-order valence-corrected chi connectivity index (χ2v) is 3.50. The van der Waals surface area contributed by atoms with E-state index < -0.39 is 12.6 Å². The fourth-order valence-electron chi connectivity index (χ4n) is 1.49. The molecule has 1 aliphatic rings. The zero-order valence-corrected chi connectivity index (χ0v) is 7.77. The molecule has 0 N–H and O–H groups in total. The predicted molar refractivity (Wildman–Crippen MR) is 43.8 cm³/mol. The molecule has 1 unspecified atom stereocenters. The monoisotopic (exact) mass is 210 g/mol. The molecule has 82 valence electrons. The zero-order chi connectivity index (χ0) is 10.6. The van der Waals surface area contributed by atoms with Crippen LogP contribution < -0.4 is 0 Å². The van der Waals surface area contributed by atoms with E-state index in [9.17, 15) is 18.0 Å². The van der Waals surface area contributed by atoms with Gasteiger partial charge in [0.2, 0.25) is 0 Å². The molecular weight excluding hydrogens is 197 g/mol. The fraction of sp³-hybridized carbons (Fsp3) is 0.889. The van der Waals surface area contributed by atoms with E-state index in [1.807, 2.05) is 0 Å². The normalized spacial score (nSPS) is 23.9. The molecule has 0 aromatic carbocycles. The molecule has 14 heavy (non-hydrogen) atoms. The van der Waals surface area contributed by atoms with E-state index in [-0.39, 0.29) is 24.7 Å². The van der Waals surface area contributed by atoms with Crippen molar-refractivity contribution < 1.29 is 22.7 Å². The van der Waals surface area contributed by atoms with E-state index in [1.165, 1.54) is 0 Å². The molecule has 1 heterocycles. The molecule has 0 amide bonds. The molecule has 0 aromatic heterocycles. The van der Waals surface area contributed by atoms with Gasteiger partial charge in [0.25, 0.3) is 0 Å². The Kier molecular flexibility index (Phi) is 3.92. The first-order chi connectivity index (χ1) is 6.49. The number of ketones is 1. The van der Waals surface area contributed by atoms with Gasteiger partial charge in [0, 0.05) is 18.8 Å². The van der Waals surface area contributed by atoms with Crippen molar-refractivity contribution in [3.63, 3.8) is 0 Å². The minimum absolute atomic E-state index is 0.0171. The van der Waals surface area contributed by atoms with Crippen LogP contribution in [-0.2, 0) is 9.53 Å². The molecular formula is C9H13F3O2. The summed E-state index contributed by atoms with van der Waals surface area (Å²) < 4.78 is 40.4. The molecule has 1 saturated heterocycles. The highest BCUT2D eigenvalue weighted by atomic mass is 19.4. The summed E-state index contributed by atoms with van der Waals surface area (Å²) in [7, 11) is 0. The highest BCUT2D eigenvalue weighted by Crippen LogP contribution is 2.25. The van der Waals surface area contributed by atoms with Crippen LogP contribution in [0.3, 0.4) is 0 Å². The van der Waals surface area contributed by atoms with Crippen molar-refractivity contribution in [2.24, 2.45) is 5.92 Å². The number of alkyl halides is 3. The quantitative estimate of drug-likeness (QED) is 0.714. The van der Waals surface area contributed by atoms with Crippen molar-refractivity contribution in [2.45, 2.75) is 31.9 Å². The summed E-state index contributed by atoms with van der Waals surface area (Å²) in [6.07, 6.45) is -4.27. The first-order valence-corrected chi connectivity index (χ1v) is 4.66. The van der Waals surface area contributed by atoms with E-state index in [2.05, 4.69) is 0 Å². The molecule has 0 aromatic rings. The average molecular weight is 210 g/mol. The number of Topliss-reactive ketones (excluding diaryl/α,β-unsaturated/α-hetero) is 1. The lowest BCUT2D eigenvalue weighted by Gasteiger charge is -2.20. The third-order valence-electron chi connectivity index (χ3n) is 2.28. The number of carbonyl (C=O) groups excluding carboxylic acids is 1.